The van der Waals surface area contributed by atoms with E-state index in [2.05, 4.69) is 50.0 Å². The summed E-state index contributed by atoms with van der Waals surface area (Å²) in [6.07, 6.45) is 1.13. The number of nitrogens with one attached hydrogen (secondary N) is 1. The lowest BCUT2D eigenvalue weighted by molar-refractivity contribution is 0.245. The lowest BCUT2D eigenvalue weighted by Gasteiger charge is -2.30. The number of fused-ring (bicyclic) bond motifs is 1. The van der Waals surface area contributed by atoms with Gasteiger partial charge in [0.05, 0.1) is 0 Å². The summed E-state index contributed by atoms with van der Waals surface area (Å²) in [4.78, 5) is 2.45. The van der Waals surface area contributed by atoms with Gasteiger partial charge in [0.2, 0.25) is 0 Å². The topological polar surface area (TPSA) is 15.3 Å². The zero-order valence-corrected chi connectivity index (χ0v) is 13.9. The maximum absolute atomic E-state index is 6.18. The van der Waals surface area contributed by atoms with Gasteiger partial charge < -0.3 is 10.2 Å². The van der Waals surface area contributed by atoms with Crippen molar-refractivity contribution < 1.29 is 0 Å². The van der Waals surface area contributed by atoms with Crippen LogP contribution in [0.1, 0.15) is 44.9 Å². The molecule has 0 bridgehead atoms. The molecule has 0 aromatic heterocycles. The average molecular weight is 295 g/mol. The molecular weight excluding hydrogens is 268 g/mol. The first kappa shape index (κ1) is 15.8. The number of likely N-dealkylation sites (N-methyl/N-ethyl adjacent to an activating group) is 1. The molecule has 20 heavy (non-hydrogen) atoms. The van der Waals surface area contributed by atoms with Gasteiger partial charge in [-0.3, -0.25) is 0 Å². The second kappa shape index (κ2) is 6.46. The summed E-state index contributed by atoms with van der Waals surface area (Å²) < 4.78 is 0. The van der Waals surface area contributed by atoms with Crippen molar-refractivity contribution in [3.63, 3.8) is 0 Å². The molecule has 2 rings (SSSR count). The Morgan fingerprint density at radius 3 is 2.65 bits per heavy atom. The van der Waals surface area contributed by atoms with Gasteiger partial charge in [-0.2, -0.15) is 0 Å². The summed E-state index contributed by atoms with van der Waals surface area (Å²) in [6, 6.07) is 6.74. The highest BCUT2D eigenvalue weighted by Gasteiger charge is 2.38. The van der Waals surface area contributed by atoms with Gasteiger partial charge in [0.25, 0.3) is 0 Å². The van der Waals surface area contributed by atoms with E-state index in [4.69, 9.17) is 11.6 Å². The molecule has 0 fully saturated rings. The molecule has 0 saturated heterocycles. The Morgan fingerprint density at radius 2 is 2.00 bits per heavy atom. The first-order chi connectivity index (χ1) is 9.47. The van der Waals surface area contributed by atoms with Crippen LogP contribution in [0.25, 0.3) is 0 Å². The van der Waals surface area contributed by atoms with Gasteiger partial charge in [-0.1, -0.05) is 45.4 Å². The van der Waals surface area contributed by atoms with Gasteiger partial charge in [-0.15, -0.1) is 0 Å². The quantitative estimate of drug-likeness (QED) is 0.856. The van der Waals surface area contributed by atoms with E-state index >= 15 is 0 Å². The van der Waals surface area contributed by atoms with Crippen molar-refractivity contribution in [3.8, 4) is 0 Å². The molecule has 1 N–H and O–H groups in total. The van der Waals surface area contributed by atoms with Crippen LogP contribution in [0.5, 0.6) is 0 Å². The van der Waals surface area contributed by atoms with E-state index in [1.54, 1.807) is 0 Å². The molecule has 1 aliphatic carbocycles. The molecule has 1 unspecified atom stereocenters. The van der Waals surface area contributed by atoms with Crippen molar-refractivity contribution in [2.75, 3.05) is 26.2 Å². The largest absolute Gasteiger partial charge is 0.308 e. The molecule has 0 heterocycles. The summed E-state index contributed by atoms with van der Waals surface area (Å²) >= 11 is 6.18. The van der Waals surface area contributed by atoms with E-state index in [0.717, 1.165) is 37.6 Å². The maximum Gasteiger partial charge on any atom is 0.0409 e. The van der Waals surface area contributed by atoms with E-state index in [1.165, 1.54) is 11.1 Å². The predicted molar refractivity (Wildman–Crippen MR) is 87.5 cm³/mol. The first-order valence-electron chi connectivity index (χ1n) is 7.72. The second-order valence-electron chi connectivity index (χ2n) is 6.42. The average Bonchev–Trinajstić information content (AvgIpc) is 2.65. The Balaban J connectivity index is 2.05. The normalized spacial score (nSPS) is 20.4. The first-order valence-corrected chi connectivity index (χ1v) is 8.09. The molecule has 0 amide bonds. The molecule has 2 nitrogen and oxygen atoms in total. The summed E-state index contributed by atoms with van der Waals surface area (Å²) in [5, 5.41) is 4.60. The third kappa shape index (κ3) is 3.36. The van der Waals surface area contributed by atoms with Crippen molar-refractivity contribution in [2.24, 2.45) is 5.41 Å². The van der Waals surface area contributed by atoms with Gasteiger partial charge in [-0.25, -0.2) is 0 Å². The molecule has 1 aliphatic rings. The van der Waals surface area contributed by atoms with Gasteiger partial charge in [0, 0.05) is 24.2 Å². The molecule has 1 aromatic rings. The Bertz CT molecular complexity index is 452. The van der Waals surface area contributed by atoms with Crippen LogP contribution in [-0.2, 0) is 6.42 Å². The summed E-state index contributed by atoms with van der Waals surface area (Å²) in [5.74, 6) is 0. The lowest BCUT2D eigenvalue weighted by Crippen LogP contribution is -2.37. The van der Waals surface area contributed by atoms with Crippen molar-refractivity contribution in [2.45, 2.75) is 40.2 Å². The fourth-order valence-electron chi connectivity index (χ4n) is 3.30. The van der Waals surface area contributed by atoms with Crippen LogP contribution in [-0.4, -0.2) is 31.1 Å². The van der Waals surface area contributed by atoms with Gasteiger partial charge >= 0.3 is 0 Å². The van der Waals surface area contributed by atoms with Crippen LogP contribution in [0.2, 0.25) is 5.02 Å². The second-order valence-corrected chi connectivity index (χ2v) is 6.86. The minimum Gasteiger partial charge on any atom is -0.308 e. The number of rotatable bonds is 6. The van der Waals surface area contributed by atoms with Crippen molar-refractivity contribution in [1.82, 2.24) is 10.2 Å². The van der Waals surface area contributed by atoms with Crippen LogP contribution < -0.4 is 5.32 Å². The summed E-state index contributed by atoms with van der Waals surface area (Å²) in [6.45, 7) is 13.5. The molecule has 112 valence electrons. The van der Waals surface area contributed by atoms with Crippen molar-refractivity contribution in [1.29, 1.82) is 0 Å². The van der Waals surface area contributed by atoms with Crippen LogP contribution in [0.15, 0.2) is 18.2 Å². The molecule has 3 heteroatoms. The standard InChI is InChI=1S/C17H27ClN2/c1-5-20(6-2)10-9-19-16-15-11-14(18)8-7-13(15)12-17(16,3)4/h7-8,11,16,19H,5-6,9-10,12H2,1-4H3. The molecule has 0 aliphatic heterocycles. The molecule has 0 saturated carbocycles. The number of hydrogen-bond acceptors (Lipinski definition) is 2. The maximum atomic E-state index is 6.18. The van der Waals surface area contributed by atoms with Crippen molar-refractivity contribution >= 4 is 11.6 Å². The zero-order chi connectivity index (χ0) is 14.8. The fourth-order valence-corrected chi connectivity index (χ4v) is 3.48. The van der Waals surface area contributed by atoms with Gasteiger partial charge in [0.1, 0.15) is 0 Å². The predicted octanol–water partition coefficient (Wildman–Crippen LogP) is 3.89. The number of benzene rings is 1. The van der Waals surface area contributed by atoms with E-state index in [9.17, 15) is 0 Å². The minimum atomic E-state index is 0.260. The van der Waals surface area contributed by atoms with Crippen LogP contribution in [0.4, 0.5) is 0 Å². The SMILES string of the molecule is CCN(CC)CCNC1c2cc(Cl)ccc2CC1(C)C. The number of nitrogens with zero attached hydrogens (tertiary/aromatic N) is 1. The summed E-state index contributed by atoms with van der Waals surface area (Å²) in [5.41, 5.74) is 3.10. The Kier molecular flexibility index (Phi) is 5.11. The van der Waals surface area contributed by atoms with Crippen LogP contribution in [0, 0.1) is 5.41 Å². The van der Waals surface area contributed by atoms with Crippen molar-refractivity contribution in [3.05, 3.63) is 34.3 Å². The van der Waals surface area contributed by atoms with E-state index in [0.29, 0.717) is 6.04 Å². The third-order valence-corrected chi connectivity index (χ3v) is 4.75. The molecular formula is C17H27ClN2. The van der Waals surface area contributed by atoms with Crippen LogP contribution in [0.3, 0.4) is 0 Å². The monoisotopic (exact) mass is 294 g/mol. The number of hydrogen-bond donors (Lipinski definition) is 1. The van der Waals surface area contributed by atoms with Crippen LogP contribution >= 0.6 is 11.6 Å². The highest BCUT2D eigenvalue weighted by Crippen LogP contribution is 2.45. The lowest BCUT2D eigenvalue weighted by atomic mass is 9.85. The Hall–Kier alpha value is -0.570. The fraction of sp³-hybridized carbons (Fsp3) is 0.647. The van der Waals surface area contributed by atoms with E-state index < -0.39 is 0 Å². The molecule has 1 aromatic carbocycles. The van der Waals surface area contributed by atoms with E-state index in [1.807, 2.05) is 6.07 Å². The van der Waals surface area contributed by atoms with Gasteiger partial charge in [-0.05, 0) is 48.2 Å². The Morgan fingerprint density at radius 1 is 1.30 bits per heavy atom. The smallest absolute Gasteiger partial charge is 0.0409 e. The minimum absolute atomic E-state index is 0.260. The third-order valence-electron chi connectivity index (χ3n) is 4.52. The van der Waals surface area contributed by atoms with Gasteiger partial charge in [0.15, 0.2) is 0 Å². The summed E-state index contributed by atoms with van der Waals surface area (Å²) in [7, 11) is 0. The highest BCUT2D eigenvalue weighted by atomic mass is 35.5. The Labute approximate surface area is 128 Å². The molecule has 0 radical (unpaired) electrons. The zero-order valence-electron chi connectivity index (χ0n) is 13.2. The van der Waals surface area contributed by atoms with E-state index in [-0.39, 0.29) is 5.41 Å². The molecule has 0 spiro atoms. The number of halogens is 1. The molecule has 1 atom stereocenters. The highest BCUT2D eigenvalue weighted by molar-refractivity contribution is 6.30.